The Balaban J connectivity index is 1.38. The number of carbonyl (C=O) groups excluding carboxylic acids is 1. The quantitative estimate of drug-likeness (QED) is 0.345. The zero-order chi connectivity index (χ0) is 27.4. The summed E-state index contributed by atoms with van der Waals surface area (Å²) in [4.78, 5) is 28.0. The fourth-order valence-electron chi connectivity index (χ4n) is 6.45. The molecule has 2 bridgehead atoms. The molecule has 3 aromatic carbocycles. The maximum Gasteiger partial charge on any atom is 0.310 e. The molecule has 200 valence electrons. The Morgan fingerprint density at radius 2 is 1.57 bits per heavy atom. The van der Waals surface area contributed by atoms with Crippen molar-refractivity contribution in [1.29, 1.82) is 0 Å². The Morgan fingerprint density at radius 3 is 2.20 bits per heavy atom. The topological polar surface area (TPSA) is 110 Å². The van der Waals surface area contributed by atoms with Gasteiger partial charge in [0, 0.05) is 5.02 Å². The molecule has 0 radical (unpaired) electrons. The second-order valence-corrected chi connectivity index (χ2v) is 10.8. The summed E-state index contributed by atoms with van der Waals surface area (Å²) in [6.45, 7) is 0.175. The van der Waals surface area contributed by atoms with E-state index in [0.717, 1.165) is 16.7 Å². The lowest BCUT2D eigenvalue weighted by Gasteiger charge is -2.31. The second kappa shape index (κ2) is 9.39. The predicted octanol–water partition coefficient (Wildman–Crippen LogP) is 3.92. The van der Waals surface area contributed by atoms with Gasteiger partial charge in [0.1, 0.15) is 23.6 Å². The number of aliphatic carboxylic acids is 1. The summed E-state index contributed by atoms with van der Waals surface area (Å²) < 4.78 is 7.91. The third kappa shape index (κ3) is 3.76. The first-order valence-corrected chi connectivity index (χ1v) is 13.4. The highest BCUT2D eigenvalue weighted by molar-refractivity contribution is 6.30. The Kier molecular flexibility index (Phi) is 5.80. The van der Waals surface area contributed by atoms with Crippen molar-refractivity contribution < 1.29 is 19.4 Å². The summed E-state index contributed by atoms with van der Waals surface area (Å²) in [5, 5.41) is 23.5. The molecule has 0 aliphatic carbocycles. The van der Waals surface area contributed by atoms with E-state index in [1.165, 1.54) is 0 Å². The molecule has 0 saturated carbocycles. The second-order valence-electron chi connectivity index (χ2n) is 10.4. The van der Waals surface area contributed by atoms with Crippen LogP contribution < -0.4 is 0 Å². The molecule has 2 fully saturated rings. The minimum atomic E-state index is -1.04. The first kappa shape index (κ1) is 24.7. The molecular formula is C30H24ClN5O4. The zero-order valence-electron chi connectivity index (χ0n) is 21.1. The molecule has 1 spiro atoms. The van der Waals surface area contributed by atoms with Gasteiger partial charge in [-0.25, -0.2) is 4.68 Å². The highest BCUT2D eigenvalue weighted by Crippen LogP contribution is 2.54. The first-order valence-electron chi connectivity index (χ1n) is 13.0. The van der Waals surface area contributed by atoms with E-state index in [2.05, 4.69) is 15.5 Å². The van der Waals surface area contributed by atoms with Crippen molar-refractivity contribution in [2.24, 2.45) is 11.8 Å². The average molecular weight is 554 g/mol. The van der Waals surface area contributed by atoms with Crippen LogP contribution in [0.2, 0.25) is 5.02 Å². The van der Waals surface area contributed by atoms with Crippen LogP contribution in [0.4, 0.5) is 0 Å². The molecule has 5 atom stereocenters. The van der Waals surface area contributed by atoms with Gasteiger partial charge in [0.05, 0.1) is 18.6 Å². The molecule has 7 rings (SSSR count). The third-order valence-corrected chi connectivity index (χ3v) is 8.40. The highest BCUT2D eigenvalue weighted by Gasteiger charge is 2.68. The number of benzene rings is 3. The van der Waals surface area contributed by atoms with Gasteiger partial charge in [0.25, 0.3) is 0 Å². The number of hydrogen-bond donors (Lipinski definition) is 1. The maximum absolute atomic E-state index is 14.1. The smallest absolute Gasteiger partial charge is 0.310 e. The minimum absolute atomic E-state index is 0.175. The van der Waals surface area contributed by atoms with Crippen LogP contribution in [0.1, 0.15) is 34.6 Å². The number of tetrazole rings is 1. The zero-order valence-corrected chi connectivity index (χ0v) is 21.9. The van der Waals surface area contributed by atoms with E-state index in [4.69, 9.17) is 16.3 Å². The summed E-state index contributed by atoms with van der Waals surface area (Å²) in [6.07, 6.45) is 2.99. The van der Waals surface area contributed by atoms with Gasteiger partial charge in [0.15, 0.2) is 5.82 Å². The van der Waals surface area contributed by atoms with Gasteiger partial charge in [-0.05, 0) is 39.2 Å². The number of carbonyl (C=O) groups is 2. The molecule has 1 aromatic heterocycles. The number of rotatable bonds is 7. The number of ether oxygens (including phenoxy) is 1. The summed E-state index contributed by atoms with van der Waals surface area (Å²) in [7, 11) is 0. The summed E-state index contributed by atoms with van der Waals surface area (Å²) in [5.74, 6) is -2.69. The number of fused-ring (bicyclic) bond motifs is 1. The standard InChI is InChI=1S/C30H24ClN5O4/c31-21-13-11-20(12-14-21)26(35-17-30-16-15-22(40-30)23(29(38)39)24(30)28(35)37)27-32-33-34-36(27)25(18-7-3-1-4-8-18)19-9-5-2-6-10-19/h1-16,22-26H,17H2,(H,38,39)/t22-,23+,24-,26-,30-/m1/s1. The van der Waals surface area contributed by atoms with Crippen molar-refractivity contribution in [3.8, 4) is 0 Å². The lowest BCUT2D eigenvalue weighted by molar-refractivity contribution is -0.148. The SMILES string of the molecule is O=C(O)[C@H]1[C@H]2C=C[C@]3(CN([C@H](c4ccc(Cl)cc4)c4nnnn4C(c4ccccc4)c4ccccc4)C(=O)[C@@H]13)O2. The van der Waals surface area contributed by atoms with Crippen molar-refractivity contribution in [2.45, 2.75) is 23.8 Å². The Morgan fingerprint density at radius 1 is 0.950 bits per heavy atom. The van der Waals surface area contributed by atoms with E-state index in [1.807, 2.05) is 78.9 Å². The molecule has 4 heterocycles. The van der Waals surface area contributed by atoms with Crippen LogP contribution in [0, 0.1) is 11.8 Å². The summed E-state index contributed by atoms with van der Waals surface area (Å²) in [6, 6.07) is 25.9. The van der Waals surface area contributed by atoms with E-state index >= 15 is 0 Å². The van der Waals surface area contributed by atoms with E-state index in [9.17, 15) is 14.7 Å². The van der Waals surface area contributed by atoms with E-state index in [0.29, 0.717) is 10.8 Å². The first-order chi connectivity index (χ1) is 19.5. The molecule has 2 saturated heterocycles. The lowest BCUT2D eigenvalue weighted by atomic mass is 9.77. The van der Waals surface area contributed by atoms with Crippen LogP contribution in [0.5, 0.6) is 0 Å². The summed E-state index contributed by atoms with van der Waals surface area (Å²) >= 11 is 6.23. The number of nitrogens with zero attached hydrogens (tertiary/aromatic N) is 5. The molecule has 1 amide bonds. The fraction of sp³-hybridized carbons (Fsp3) is 0.233. The van der Waals surface area contributed by atoms with Crippen LogP contribution >= 0.6 is 11.6 Å². The van der Waals surface area contributed by atoms with Crippen LogP contribution in [0.3, 0.4) is 0 Å². The Labute approximate surface area is 234 Å². The molecule has 40 heavy (non-hydrogen) atoms. The largest absolute Gasteiger partial charge is 0.481 e. The molecule has 9 nitrogen and oxygen atoms in total. The normalized spacial score (nSPS) is 25.5. The van der Waals surface area contributed by atoms with Crippen LogP contribution in [0.15, 0.2) is 97.1 Å². The van der Waals surface area contributed by atoms with Gasteiger partial charge in [-0.15, -0.1) is 5.10 Å². The van der Waals surface area contributed by atoms with Crippen molar-refractivity contribution in [1.82, 2.24) is 25.1 Å². The van der Waals surface area contributed by atoms with E-state index < -0.39 is 35.6 Å². The minimum Gasteiger partial charge on any atom is -0.481 e. The van der Waals surface area contributed by atoms with Gasteiger partial charge < -0.3 is 14.7 Å². The number of carboxylic acids is 1. The van der Waals surface area contributed by atoms with Gasteiger partial charge in [-0.1, -0.05) is 96.5 Å². The number of halogens is 1. The van der Waals surface area contributed by atoms with Crippen molar-refractivity contribution in [2.75, 3.05) is 6.54 Å². The average Bonchev–Trinajstić information content (AvgIpc) is 3.74. The number of hydrogen-bond acceptors (Lipinski definition) is 6. The molecule has 3 aliphatic rings. The molecule has 1 N–H and O–H groups in total. The van der Waals surface area contributed by atoms with Crippen molar-refractivity contribution in [3.63, 3.8) is 0 Å². The van der Waals surface area contributed by atoms with Gasteiger partial charge in [0.2, 0.25) is 5.91 Å². The number of carboxylic acid groups (broad SMARTS) is 1. The van der Waals surface area contributed by atoms with E-state index in [-0.39, 0.29) is 18.5 Å². The fourth-order valence-corrected chi connectivity index (χ4v) is 6.58. The van der Waals surface area contributed by atoms with Gasteiger partial charge >= 0.3 is 5.97 Å². The Hall–Kier alpha value is -4.34. The van der Waals surface area contributed by atoms with Crippen molar-refractivity contribution in [3.05, 3.63) is 125 Å². The molecule has 0 unspecified atom stereocenters. The third-order valence-electron chi connectivity index (χ3n) is 8.15. The van der Waals surface area contributed by atoms with Gasteiger partial charge in [-0.2, -0.15) is 0 Å². The van der Waals surface area contributed by atoms with Crippen LogP contribution in [-0.2, 0) is 14.3 Å². The maximum atomic E-state index is 14.1. The van der Waals surface area contributed by atoms with E-state index in [1.54, 1.807) is 27.8 Å². The number of amides is 1. The summed E-state index contributed by atoms with van der Waals surface area (Å²) in [5.41, 5.74) is 1.68. The molecule has 10 heteroatoms. The molecular weight excluding hydrogens is 530 g/mol. The molecule has 4 aromatic rings. The highest BCUT2D eigenvalue weighted by atomic mass is 35.5. The number of likely N-dealkylation sites (tertiary alicyclic amines) is 1. The predicted molar refractivity (Wildman–Crippen MR) is 144 cm³/mol. The Bertz CT molecular complexity index is 1570. The molecule has 3 aliphatic heterocycles. The van der Waals surface area contributed by atoms with Crippen molar-refractivity contribution >= 4 is 23.5 Å². The van der Waals surface area contributed by atoms with Gasteiger partial charge in [-0.3, -0.25) is 9.59 Å². The number of aromatic nitrogens is 4. The lowest BCUT2D eigenvalue weighted by Crippen LogP contribution is -2.40. The van der Waals surface area contributed by atoms with Crippen LogP contribution in [-0.4, -0.2) is 60.3 Å². The monoisotopic (exact) mass is 553 g/mol. The van der Waals surface area contributed by atoms with Crippen LogP contribution in [0.25, 0.3) is 0 Å².